The molecule has 0 spiro atoms. The Morgan fingerprint density at radius 1 is 1.19 bits per heavy atom. The summed E-state index contributed by atoms with van der Waals surface area (Å²) in [6.45, 7) is 4.47. The van der Waals surface area contributed by atoms with Gasteiger partial charge in [-0.25, -0.2) is 12.8 Å². The second kappa shape index (κ2) is 13.1. The minimum Gasteiger partial charge on any atom is -0.339 e. The highest BCUT2D eigenvalue weighted by Crippen LogP contribution is 2.46. The Kier molecular flexibility index (Phi) is 9.97. The number of nitrogens with zero attached hydrogens (tertiary/aromatic N) is 3. The van der Waals surface area contributed by atoms with Crippen molar-refractivity contribution in [1.82, 2.24) is 30.0 Å². The van der Waals surface area contributed by atoms with Crippen molar-refractivity contribution in [1.29, 1.82) is 0 Å². The minimum absolute atomic E-state index is 0.0112. The first-order chi connectivity index (χ1) is 20.3. The standard InChI is InChI=1S/C29H43FN6O6S/c1-4-28(2,3)43(41,42)34-27(40)29-19-20(29)11-8-6-5-7-9-12-22(26(39)36-16-10-13-23(36)25(38)32-29)31-24(37)21-14-17-35(33-21)18-15-30/h8,11,14,17,20,22-23H,4-7,9-10,12-13,15-16,18-19H2,1-3H3,(H,31,37)(H,32,38)(H,34,40)/b11-8-/t20?,22-,23?,29+/m0/s1. The van der Waals surface area contributed by atoms with Gasteiger partial charge in [-0.3, -0.25) is 28.6 Å². The van der Waals surface area contributed by atoms with Crippen LogP contribution in [0.2, 0.25) is 0 Å². The number of aryl methyl sites for hydroxylation is 1. The van der Waals surface area contributed by atoms with Gasteiger partial charge in [0, 0.05) is 18.7 Å². The molecule has 2 fully saturated rings. The van der Waals surface area contributed by atoms with E-state index in [4.69, 9.17) is 0 Å². The van der Waals surface area contributed by atoms with Gasteiger partial charge in [0.1, 0.15) is 30.0 Å². The number of nitrogens with one attached hydrogen (secondary N) is 3. The van der Waals surface area contributed by atoms with E-state index in [-0.39, 0.29) is 31.0 Å². The quantitative estimate of drug-likeness (QED) is 0.374. The molecule has 1 aromatic rings. The van der Waals surface area contributed by atoms with Crippen LogP contribution < -0.4 is 15.4 Å². The third kappa shape index (κ3) is 7.10. The molecule has 0 aromatic carbocycles. The average Bonchev–Trinajstić information content (AvgIpc) is 3.28. The van der Waals surface area contributed by atoms with Crippen molar-refractivity contribution in [2.45, 2.75) is 107 Å². The zero-order chi connectivity index (χ0) is 31.4. The monoisotopic (exact) mass is 622 g/mol. The smallest absolute Gasteiger partial charge is 0.272 e. The molecule has 2 aliphatic heterocycles. The lowest BCUT2D eigenvalue weighted by molar-refractivity contribution is -0.141. The summed E-state index contributed by atoms with van der Waals surface area (Å²) in [5.74, 6) is -2.66. The first-order valence-electron chi connectivity index (χ1n) is 15.1. The summed E-state index contributed by atoms with van der Waals surface area (Å²) >= 11 is 0. The summed E-state index contributed by atoms with van der Waals surface area (Å²) in [7, 11) is -4.03. The molecule has 0 radical (unpaired) electrons. The lowest BCUT2D eigenvalue weighted by Gasteiger charge is -2.30. The molecule has 43 heavy (non-hydrogen) atoms. The number of amides is 4. The van der Waals surface area contributed by atoms with Crippen LogP contribution in [-0.4, -0.2) is 82.3 Å². The summed E-state index contributed by atoms with van der Waals surface area (Å²) in [5.41, 5.74) is -1.37. The maximum atomic E-state index is 13.8. The molecule has 3 N–H and O–H groups in total. The number of halogens is 1. The van der Waals surface area contributed by atoms with Gasteiger partial charge < -0.3 is 15.5 Å². The predicted octanol–water partition coefficient (Wildman–Crippen LogP) is 1.97. The van der Waals surface area contributed by atoms with E-state index in [0.717, 1.165) is 12.8 Å². The third-order valence-electron chi connectivity index (χ3n) is 8.93. The Labute approximate surface area is 252 Å². The van der Waals surface area contributed by atoms with E-state index in [1.807, 2.05) is 12.2 Å². The Morgan fingerprint density at radius 3 is 2.67 bits per heavy atom. The summed E-state index contributed by atoms with van der Waals surface area (Å²) < 4.78 is 41.0. The SMILES string of the molecule is CCC(C)(C)S(=O)(=O)NC(=O)[C@@]12CC1/C=C\CCCCC[C@H](NC(=O)c1ccn(CCF)n1)C(=O)N1CCCC1C(=O)N2. The van der Waals surface area contributed by atoms with Gasteiger partial charge in [-0.1, -0.05) is 31.9 Å². The van der Waals surface area contributed by atoms with Gasteiger partial charge in [0.25, 0.3) is 11.8 Å². The lowest BCUT2D eigenvalue weighted by atomic mass is 10.0. The molecule has 4 rings (SSSR count). The number of carbonyl (C=O) groups is 4. The molecule has 1 saturated carbocycles. The van der Waals surface area contributed by atoms with Gasteiger partial charge in [-0.15, -0.1) is 0 Å². The van der Waals surface area contributed by atoms with Crippen LogP contribution in [0.5, 0.6) is 0 Å². The van der Waals surface area contributed by atoms with Crippen molar-refractivity contribution < 1.29 is 32.0 Å². The highest BCUT2D eigenvalue weighted by Gasteiger charge is 2.61. The molecule has 1 saturated heterocycles. The largest absolute Gasteiger partial charge is 0.339 e. The van der Waals surface area contributed by atoms with Crippen LogP contribution in [0.1, 0.15) is 89.0 Å². The molecule has 4 amide bonds. The molecule has 1 aliphatic carbocycles. The number of hydrogen-bond acceptors (Lipinski definition) is 7. The molecule has 238 valence electrons. The fraction of sp³-hybridized carbons (Fsp3) is 0.690. The van der Waals surface area contributed by atoms with Gasteiger partial charge in [-0.2, -0.15) is 5.10 Å². The molecule has 2 unspecified atom stereocenters. The van der Waals surface area contributed by atoms with Gasteiger partial charge in [0.15, 0.2) is 0 Å². The fourth-order valence-electron chi connectivity index (χ4n) is 5.56. The Bertz CT molecular complexity index is 1360. The number of sulfonamides is 1. The van der Waals surface area contributed by atoms with E-state index in [2.05, 4.69) is 20.5 Å². The first-order valence-corrected chi connectivity index (χ1v) is 16.6. The Balaban J connectivity index is 1.55. The number of aromatic nitrogens is 2. The van der Waals surface area contributed by atoms with E-state index in [0.29, 0.717) is 38.6 Å². The molecular formula is C29H43FN6O6S. The van der Waals surface area contributed by atoms with E-state index in [1.165, 1.54) is 35.7 Å². The normalized spacial score (nSPS) is 27.6. The molecular weight excluding hydrogens is 579 g/mol. The van der Waals surface area contributed by atoms with E-state index in [1.54, 1.807) is 6.92 Å². The molecule has 0 bridgehead atoms. The highest BCUT2D eigenvalue weighted by molar-refractivity contribution is 7.91. The van der Waals surface area contributed by atoms with E-state index < -0.39 is 62.7 Å². The minimum atomic E-state index is -4.03. The fourth-order valence-corrected chi connectivity index (χ4v) is 6.64. The number of alkyl halides is 1. The lowest BCUT2D eigenvalue weighted by Crippen LogP contribution is -2.59. The second-order valence-electron chi connectivity index (χ2n) is 12.3. The van der Waals surface area contributed by atoms with E-state index >= 15 is 0 Å². The summed E-state index contributed by atoms with van der Waals surface area (Å²) in [4.78, 5) is 55.4. The Morgan fingerprint density at radius 2 is 1.95 bits per heavy atom. The van der Waals surface area contributed by atoms with Crippen molar-refractivity contribution in [3.63, 3.8) is 0 Å². The second-order valence-corrected chi connectivity index (χ2v) is 14.6. The summed E-state index contributed by atoms with van der Waals surface area (Å²) in [5, 5.41) is 9.67. The predicted molar refractivity (Wildman–Crippen MR) is 157 cm³/mol. The topological polar surface area (TPSA) is 160 Å². The van der Waals surface area contributed by atoms with Gasteiger partial charge in [-0.05, 0) is 64.9 Å². The Hall–Kier alpha value is -3.29. The summed E-state index contributed by atoms with van der Waals surface area (Å²) in [6.07, 6.45) is 10.1. The average molecular weight is 623 g/mol. The van der Waals surface area contributed by atoms with Gasteiger partial charge >= 0.3 is 0 Å². The maximum absolute atomic E-state index is 13.8. The van der Waals surface area contributed by atoms with Crippen molar-refractivity contribution in [3.8, 4) is 0 Å². The van der Waals surface area contributed by atoms with Crippen LogP contribution in [-0.2, 0) is 31.0 Å². The van der Waals surface area contributed by atoms with Crippen molar-refractivity contribution in [2.24, 2.45) is 5.92 Å². The molecule has 12 nitrogen and oxygen atoms in total. The number of carbonyl (C=O) groups excluding carboxylic acids is 4. The van der Waals surface area contributed by atoms with Crippen molar-refractivity contribution in [2.75, 3.05) is 13.2 Å². The maximum Gasteiger partial charge on any atom is 0.272 e. The van der Waals surface area contributed by atoms with Crippen molar-refractivity contribution in [3.05, 3.63) is 30.1 Å². The van der Waals surface area contributed by atoms with Crippen LogP contribution in [0.25, 0.3) is 0 Å². The van der Waals surface area contributed by atoms with Crippen LogP contribution in [0, 0.1) is 5.92 Å². The van der Waals surface area contributed by atoms with Crippen LogP contribution in [0.3, 0.4) is 0 Å². The molecule has 4 atom stereocenters. The van der Waals surface area contributed by atoms with Gasteiger partial charge in [0.05, 0.1) is 11.3 Å². The van der Waals surface area contributed by atoms with Crippen molar-refractivity contribution >= 4 is 33.7 Å². The number of fused-ring (bicyclic) bond motifs is 2. The molecule has 1 aromatic heterocycles. The van der Waals surface area contributed by atoms with E-state index in [9.17, 15) is 32.0 Å². The number of hydrogen-bond donors (Lipinski definition) is 3. The molecule has 3 aliphatic rings. The first kappa shape index (κ1) is 32.6. The number of rotatable bonds is 8. The molecule has 14 heteroatoms. The van der Waals surface area contributed by atoms with Crippen LogP contribution >= 0.6 is 0 Å². The highest BCUT2D eigenvalue weighted by atomic mass is 32.2. The third-order valence-corrected chi connectivity index (χ3v) is 11.1. The van der Waals surface area contributed by atoms with Crippen LogP contribution in [0.4, 0.5) is 4.39 Å². The van der Waals surface area contributed by atoms with Gasteiger partial charge in [0.2, 0.25) is 21.8 Å². The molecule has 3 heterocycles. The van der Waals surface area contributed by atoms with Crippen LogP contribution in [0.15, 0.2) is 24.4 Å². The zero-order valence-electron chi connectivity index (χ0n) is 25.1. The number of allylic oxidation sites excluding steroid dienone is 1. The summed E-state index contributed by atoms with van der Waals surface area (Å²) in [6, 6.07) is -0.321. The zero-order valence-corrected chi connectivity index (χ0v) is 25.9.